The molecule has 18 heavy (non-hydrogen) atoms. The molecule has 0 bridgehead atoms. The molecule has 1 aromatic rings. The number of rotatable bonds is 3. The number of anilines is 1. The fraction of sp³-hybridized carbons (Fsp3) is 0.286. The summed E-state index contributed by atoms with van der Waals surface area (Å²) in [6.07, 6.45) is 5.90. The van der Waals surface area contributed by atoms with Crippen LogP contribution in [0.1, 0.15) is 30.1 Å². The predicted molar refractivity (Wildman–Crippen MR) is 70.8 cm³/mol. The third-order valence-electron chi connectivity index (χ3n) is 2.89. The SMILES string of the molecule is CC(=O)c1ccc(NC(=O)NC2CC=CC2)cc1. The minimum atomic E-state index is -0.209. The van der Waals surface area contributed by atoms with Crippen LogP contribution in [0.4, 0.5) is 10.5 Å². The van der Waals surface area contributed by atoms with E-state index in [1.54, 1.807) is 24.3 Å². The third kappa shape index (κ3) is 3.20. The number of hydrogen-bond acceptors (Lipinski definition) is 2. The monoisotopic (exact) mass is 244 g/mol. The van der Waals surface area contributed by atoms with E-state index in [0.29, 0.717) is 11.3 Å². The maximum atomic E-state index is 11.7. The van der Waals surface area contributed by atoms with Gasteiger partial charge in [-0.25, -0.2) is 4.79 Å². The average Bonchev–Trinajstić information content (AvgIpc) is 2.82. The maximum absolute atomic E-state index is 11.7. The van der Waals surface area contributed by atoms with Crippen LogP contribution in [0.3, 0.4) is 0 Å². The van der Waals surface area contributed by atoms with Crippen molar-refractivity contribution in [2.24, 2.45) is 0 Å². The van der Waals surface area contributed by atoms with Crippen LogP contribution in [-0.4, -0.2) is 17.9 Å². The van der Waals surface area contributed by atoms with E-state index in [1.165, 1.54) is 6.92 Å². The fourth-order valence-corrected chi connectivity index (χ4v) is 1.88. The molecule has 0 radical (unpaired) electrons. The first-order chi connectivity index (χ1) is 8.65. The highest BCUT2D eigenvalue weighted by molar-refractivity contribution is 5.95. The van der Waals surface area contributed by atoms with E-state index in [0.717, 1.165) is 12.8 Å². The molecule has 0 atom stereocenters. The highest BCUT2D eigenvalue weighted by Gasteiger charge is 2.12. The van der Waals surface area contributed by atoms with Crippen molar-refractivity contribution in [1.82, 2.24) is 5.32 Å². The molecule has 0 unspecified atom stereocenters. The van der Waals surface area contributed by atoms with Crippen LogP contribution < -0.4 is 10.6 Å². The summed E-state index contributed by atoms with van der Waals surface area (Å²) in [7, 11) is 0. The molecule has 0 saturated carbocycles. The number of hydrogen-bond donors (Lipinski definition) is 2. The summed E-state index contributed by atoms with van der Waals surface area (Å²) in [5.41, 5.74) is 1.32. The van der Waals surface area contributed by atoms with Crippen LogP contribution in [0.5, 0.6) is 0 Å². The van der Waals surface area contributed by atoms with Crippen molar-refractivity contribution in [2.45, 2.75) is 25.8 Å². The van der Waals surface area contributed by atoms with E-state index in [1.807, 2.05) is 0 Å². The minimum absolute atomic E-state index is 0.0167. The van der Waals surface area contributed by atoms with Crippen LogP contribution in [0.2, 0.25) is 0 Å². The Bertz CT molecular complexity index is 469. The van der Waals surface area contributed by atoms with Gasteiger partial charge in [-0.15, -0.1) is 0 Å². The molecular weight excluding hydrogens is 228 g/mol. The first-order valence-corrected chi connectivity index (χ1v) is 5.98. The number of nitrogens with one attached hydrogen (secondary N) is 2. The van der Waals surface area contributed by atoms with Gasteiger partial charge in [0, 0.05) is 17.3 Å². The van der Waals surface area contributed by atoms with Crippen LogP contribution in [-0.2, 0) is 0 Å². The first kappa shape index (κ1) is 12.4. The number of ketones is 1. The quantitative estimate of drug-likeness (QED) is 0.634. The average molecular weight is 244 g/mol. The molecule has 0 spiro atoms. The summed E-state index contributed by atoms with van der Waals surface area (Å²) >= 11 is 0. The number of amides is 2. The van der Waals surface area contributed by atoms with Gasteiger partial charge in [-0.3, -0.25) is 4.79 Å². The smallest absolute Gasteiger partial charge is 0.319 e. The van der Waals surface area contributed by atoms with Crippen LogP contribution in [0.15, 0.2) is 36.4 Å². The molecule has 0 fully saturated rings. The summed E-state index contributed by atoms with van der Waals surface area (Å²) in [5.74, 6) is 0.0167. The molecule has 1 aliphatic carbocycles. The van der Waals surface area contributed by atoms with Crippen molar-refractivity contribution in [3.63, 3.8) is 0 Å². The van der Waals surface area contributed by atoms with Crippen molar-refractivity contribution in [2.75, 3.05) is 5.32 Å². The van der Waals surface area contributed by atoms with Crippen molar-refractivity contribution in [3.05, 3.63) is 42.0 Å². The van der Waals surface area contributed by atoms with Gasteiger partial charge in [-0.2, -0.15) is 0 Å². The lowest BCUT2D eigenvalue weighted by atomic mass is 10.1. The molecule has 0 saturated heterocycles. The minimum Gasteiger partial charge on any atom is -0.335 e. The second-order valence-electron chi connectivity index (χ2n) is 4.37. The molecule has 0 heterocycles. The molecule has 2 rings (SSSR count). The lowest BCUT2D eigenvalue weighted by molar-refractivity contribution is 0.101. The summed E-state index contributed by atoms with van der Waals surface area (Å²) in [6.45, 7) is 1.52. The van der Waals surface area contributed by atoms with Crippen LogP contribution >= 0.6 is 0 Å². The number of urea groups is 1. The molecule has 1 aliphatic rings. The van der Waals surface area contributed by atoms with Gasteiger partial charge in [0.2, 0.25) is 0 Å². The Hall–Kier alpha value is -2.10. The van der Waals surface area contributed by atoms with Crippen molar-refractivity contribution in [1.29, 1.82) is 0 Å². The molecule has 4 nitrogen and oxygen atoms in total. The number of carbonyl (C=O) groups is 2. The van der Waals surface area contributed by atoms with Crippen molar-refractivity contribution < 1.29 is 9.59 Å². The molecule has 2 amide bonds. The standard InChI is InChI=1S/C14H16N2O2/c1-10(17)11-6-8-13(9-7-11)16-14(18)15-12-4-2-3-5-12/h2-3,6-9,12H,4-5H2,1H3,(H2,15,16,18). The largest absolute Gasteiger partial charge is 0.335 e. The Morgan fingerprint density at radius 1 is 1.11 bits per heavy atom. The fourth-order valence-electron chi connectivity index (χ4n) is 1.88. The lowest BCUT2D eigenvalue weighted by Gasteiger charge is -2.13. The van der Waals surface area contributed by atoms with Gasteiger partial charge in [-0.05, 0) is 44.0 Å². The summed E-state index contributed by atoms with van der Waals surface area (Å²) < 4.78 is 0. The Balaban J connectivity index is 1.88. The first-order valence-electron chi connectivity index (χ1n) is 5.98. The highest BCUT2D eigenvalue weighted by Crippen LogP contribution is 2.12. The van der Waals surface area contributed by atoms with Gasteiger partial charge in [0.05, 0.1) is 0 Å². The Kier molecular flexibility index (Phi) is 3.77. The normalized spacial score (nSPS) is 14.5. The van der Waals surface area contributed by atoms with Crippen molar-refractivity contribution >= 4 is 17.5 Å². The molecule has 2 N–H and O–H groups in total. The highest BCUT2D eigenvalue weighted by atomic mass is 16.2. The third-order valence-corrected chi connectivity index (χ3v) is 2.89. The Labute approximate surface area is 106 Å². The zero-order valence-electron chi connectivity index (χ0n) is 10.3. The van der Waals surface area contributed by atoms with Gasteiger partial charge in [0.1, 0.15) is 0 Å². The van der Waals surface area contributed by atoms with E-state index in [2.05, 4.69) is 22.8 Å². The molecule has 1 aromatic carbocycles. The number of carbonyl (C=O) groups excluding carboxylic acids is 2. The molecule has 0 aromatic heterocycles. The van der Waals surface area contributed by atoms with E-state index >= 15 is 0 Å². The Morgan fingerprint density at radius 2 is 1.72 bits per heavy atom. The van der Waals surface area contributed by atoms with E-state index in [-0.39, 0.29) is 17.9 Å². The zero-order valence-corrected chi connectivity index (χ0v) is 10.3. The van der Waals surface area contributed by atoms with Gasteiger partial charge >= 0.3 is 6.03 Å². The molecule has 4 heteroatoms. The van der Waals surface area contributed by atoms with E-state index < -0.39 is 0 Å². The topological polar surface area (TPSA) is 58.2 Å². The number of Topliss-reactive ketones (excluding diaryl/α,β-unsaturated/α-hetero) is 1. The summed E-state index contributed by atoms with van der Waals surface area (Å²) in [4.78, 5) is 22.8. The number of benzene rings is 1. The molecule has 0 aliphatic heterocycles. The summed E-state index contributed by atoms with van der Waals surface area (Å²) in [6, 6.07) is 6.84. The molecule has 94 valence electrons. The molecular formula is C14H16N2O2. The second-order valence-corrected chi connectivity index (χ2v) is 4.37. The predicted octanol–water partition coefficient (Wildman–Crippen LogP) is 2.73. The maximum Gasteiger partial charge on any atom is 0.319 e. The summed E-state index contributed by atoms with van der Waals surface area (Å²) in [5, 5.41) is 5.63. The van der Waals surface area contributed by atoms with E-state index in [4.69, 9.17) is 0 Å². The van der Waals surface area contributed by atoms with E-state index in [9.17, 15) is 9.59 Å². The Morgan fingerprint density at radius 3 is 2.28 bits per heavy atom. The lowest BCUT2D eigenvalue weighted by Crippen LogP contribution is -2.36. The second kappa shape index (κ2) is 5.49. The van der Waals surface area contributed by atoms with Crippen LogP contribution in [0, 0.1) is 0 Å². The van der Waals surface area contributed by atoms with Gasteiger partial charge in [0.25, 0.3) is 0 Å². The van der Waals surface area contributed by atoms with Gasteiger partial charge in [-0.1, -0.05) is 12.2 Å². The van der Waals surface area contributed by atoms with Crippen molar-refractivity contribution in [3.8, 4) is 0 Å². The zero-order chi connectivity index (χ0) is 13.0. The van der Waals surface area contributed by atoms with Gasteiger partial charge < -0.3 is 10.6 Å². The van der Waals surface area contributed by atoms with Crippen LogP contribution in [0.25, 0.3) is 0 Å². The van der Waals surface area contributed by atoms with Gasteiger partial charge in [0.15, 0.2) is 5.78 Å².